The van der Waals surface area contributed by atoms with Crippen molar-refractivity contribution in [1.82, 2.24) is 9.47 Å². The van der Waals surface area contributed by atoms with Crippen molar-refractivity contribution in [2.45, 2.75) is 13.0 Å². The largest absolute Gasteiger partial charge is 0.497 e. The van der Waals surface area contributed by atoms with E-state index in [1.807, 2.05) is 66.4 Å². The van der Waals surface area contributed by atoms with Gasteiger partial charge in [0.15, 0.2) is 17.3 Å². The monoisotopic (exact) mass is 526 g/mol. The van der Waals surface area contributed by atoms with Crippen LogP contribution >= 0.6 is 0 Å². The lowest BCUT2D eigenvalue weighted by Gasteiger charge is -2.29. The number of Topliss-reactive ketones (excluding diaryl/α,β-unsaturated/α-hetero) is 1. The van der Waals surface area contributed by atoms with Gasteiger partial charge in [-0.2, -0.15) is 0 Å². The van der Waals surface area contributed by atoms with Crippen molar-refractivity contribution in [2.24, 2.45) is 7.05 Å². The van der Waals surface area contributed by atoms with Gasteiger partial charge in [-0.25, -0.2) is 0 Å². The number of carbonyl (C=O) groups is 1. The molecule has 0 atom stereocenters. The zero-order chi connectivity index (χ0) is 27.1. The van der Waals surface area contributed by atoms with E-state index in [1.54, 1.807) is 27.4 Å². The molecule has 0 N–H and O–H groups in total. The molecule has 39 heavy (non-hydrogen) atoms. The number of methoxy groups -OCH3 is 3. The van der Waals surface area contributed by atoms with E-state index in [0.717, 1.165) is 52.1 Å². The molecule has 0 bridgehead atoms. The highest BCUT2D eigenvalue weighted by Crippen LogP contribution is 2.42. The molecule has 0 aliphatic carbocycles. The normalized spacial score (nSPS) is 15.6. The highest BCUT2D eigenvalue weighted by molar-refractivity contribution is 6.15. The summed E-state index contributed by atoms with van der Waals surface area (Å²) in [5, 5.41) is 0.989. The number of hydrogen-bond acceptors (Lipinski definition) is 7. The zero-order valence-corrected chi connectivity index (χ0v) is 22.4. The van der Waals surface area contributed by atoms with Gasteiger partial charge in [-0.15, -0.1) is 0 Å². The fourth-order valence-corrected chi connectivity index (χ4v) is 5.26. The summed E-state index contributed by atoms with van der Waals surface area (Å²) in [6, 6.07) is 15.5. The average Bonchev–Trinajstić information content (AvgIpc) is 3.46. The topological polar surface area (TPSA) is 71.4 Å². The number of benzene rings is 3. The van der Waals surface area contributed by atoms with Crippen LogP contribution in [0, 0.1) is 0 Å². The van der Waals surface area contributed by atoms with Crippen molar-refractivity contribution in [3.63, 3.8) is 0 Å². The molecule has 0 saturated carbocycles. The first kappa shape index (κ1) is 24.9. The SMILES string of the molecule is COc1ccc2c(c1)c(/C=C1\Oc3c(ccc4c3CN(CCc3ccc(OC)c(OC)c3)CO4)C1=O)cn2C. The van der Waals surface area contributed by atoms with E-state index in [1.165, 1.54) is 0 Å². The van der Waals surface area contributed by atoms with E-state index in [4.69, 9.17) is 23.7 Å². The first-order valence-electron chi connectivity index (χ1n) is 12.8. The van der Waals surface area contributed by atoms with E-state index in [2.05, 4.69) is 4.90 Å². The van der Waals surface area contributed by atoms with Crippen molar-refractivity contribution in [3.8, 4) is 28.7 Å². The number of aromatic nitrogens is 1. The van der Waals surface area contributed by atoms with Gasteiger partial charge in [0.05, 0.1) is 32.5 Å². The Kier molecular flexibility index (Phi) is 6.40. The maximum absolute atomic E-state index is 13.4. The number of hydrogen-bond donors (Lipinski definition) is 0. The van der Waals surface area contributed by atoms with Crippen LogP contribution in [0.15, 0.2) is 60.5 Å². The van der Waals surface area contributed by atoms with Crippen LogP contribution in [0.4, 0.5) is 0 Å². The van der Waals surface area contributed by atoms with Gasteiger partial charge >= 0.3 is 0 Å². The third-order valence-corrected chi connectivity index (χ3v) is 7.36. The summed E-state index contributed by atoms with van der Waals surface area (Å²) in [6.45, 7) is 1.86. The van der Waals surface area contributed by atoms with Gasteiger partial charge in [-0.3, -0.25) is 9.69 Å². The molecule has 2 aliphatic rings. The molecule has 0 spiro atoms. The Bertz CT molecular complexity index is 1620. The van der Waals surface area contributed by atoms with Crippen LogP contribution in [-0.4, -0.2) is 49.9 Å². The standard InChI is InChI=1S/C31H30N2O6/c1-32-16-20(23-15-21(35-2)6-8-25(23)32)14-29-30(34)22-7-10-26-24(31(22)39-29)17-33(18-38-26)12-11-19-5-9-27(36-3)28(13-19)37-4/h5-10,13-16H,11-12,17-18H2,1-4H3/b29-14-. The molecule has 0 radical (unpaired) electrons. The van der Waals surface area contributed by atoms with Crippen LogP contribution in [0.25, 0.3) is 17.0 Å². The Morgan fingerprint density at radius 1 is 0.974 bits per heavy atom. The lowest BCUT2D eigenvalue weighted by Crippen LogP contribution is -2.33. The summed E-state index contributed by atoms with van der Waals surface area (Å²) in [6.07, 6.45) is 4.61. The summed E-state index contributed by atoms with van der Waals surface area (Å²) < 4.78 is 30.5. The van der Waals surface area contributed by atoms with E-state index in [-0.39, 0.29) is 5.78 Å². The van der Waals surface area contributed by atoms with E-state index in [0.29, 0.717) is 41.8 Å². The van der Waals surface area contributed by atoms with E-state index in [9.17, 15) is 4.79 Å². The second-order valence-electron chi connectivity index (χ2n) is 9.70. The van der Waals surface area contributed by atoms with Crippen LogP contribution in [0.2, 0.25) is 0 Å². The minimum absolute atomic E-state index is 0.129. The van der Waals surface area contributed by atoms with Crippen molar-refractivity contribution < 1.29 is 28.5 Å². The minimum atomic E-state index is -0.129. The van der Waals surface area contributed by atoms with Gasteiger partial charge in [0, 0.05) is 42.8 Å². The molecule has 8 nitrogen and oxygen atoms in total. The molecular formula is C31H30N2O6. The summed E-state index contributed by atoms with van der Waals surface area (Å²) in [4.78, 5) is 15.6. The molecule has 200 valence electrons. The van der Waals surface area contributed by atoms with Gasteiger partial charge in [0.1, 0.15) is 24.0 Å². The van der Waals surface area contributed by atoms with Crippen molar-refractivity contribution in [3.05, 3.63) is 82.7 Å². The van der Waals surface area contributed by atoms with Crippen LogP contribution in [0.1, 0.15) is 27.0 Å². The van der Waals surface area contributed by atoms with Gasteiger partial charge in [-0.1, -0.05) is 6.07 Å². The molecule has 4 aromatic rings. The molecule has 6 rings (SSSR count). The number of rotatable bonds is 7. The molecule has 2 aliphatic heterocycles. The highest BCUT2D eigenvalue weighted by atomic mass is 16.5. The number of nitrogens with zero attached hydrogens (tertiary/aromatic N) is 2. The number of ether oxygens (including phenoxy) is 5. The van der Waals surface area contributed by atoms with Crippen molar-refractivity contribution in [2.75, 3.05) is 34.6 Å². The van der Waals surface area contributed by atoms with Gasteiger partial charge in [0.25, 0.3) is 0 Å². The number of allylic oxidation sites excluding steroid dienone is 1. The lowest BCUT2D eigenvalue weighted by molar-refractivity contribution is 0.0949. The molecule has 0 unspecified atom stereocenters. The fourth-order valence-electron chi connectivity index (χ4n) is 5.26. The smallest absolute Gasteiger partial charge is 0.231 e. The Labute approximate surface area is 226 Å². The number of ketones is 1. The second kappa shape index (κ2) is 10.0. The molecule has 0 saturated heterocycles. The van der Waals surface area contributed by atoms with Crippen LogP contribution in [0.3, 0.4) is 0 Å². The number of aryl methyl sites for hydroxylation is 1. The van der Waals surface area contributed by atoms with Gasteiger partial charge < -0.3 is 28.3 Å². The lowest BCUT2D eigenvalue weighted by atomic mass is 10.0. The number of fused-ring (bicyclic) bond motifs is 4. The predicted molar refractivity (Wildman–Crippen MR) is 148 cm³/mol. The van der Waals surface area contributed by atoms with Crippen molar-refractivity contribution in [1.29, 1.82) is 0 Å². The molecule has 0 amide bonds. The first-order valence-corrected chi connectivity index (χ1v) is 12.8. The van der Waals surface area contributed by atoms with E-state index < -0.39 is 0 Å². The van der Waals surface area contributed by atoms with Crippen LogP contribution in [-0.2, 0) is 20.0 Å². The molecule has 3 heterocycles. The Hall–Kier alpha value is -4.43. The Balaban J connectivity index is 1.24. The summed E-state index contributed by atoms with van der Waals surface area (Å²) >= 11 is 0. The molecule has 1 aromatic heterocycles. The van der Waals surface area contributed by atoms with Crippen LogP contribution in [0.5, 0.6) is 28.7 Å². The minimum Gasteiger partial charge on any atom is -0.497 e. The molecule has 8 heteroatoms. The molecular weight excluding hydrogens is 496 g/mol. The predicted octanol–water partition coefficient (Wildman–Crippen LogP) is 5.21. The van der Waals surface area contributed by atoms with Crippen LogP contribution < -0.4 is 23.7 Å². The quantitative estimate of drug-likeness (QED) is 0.306. The van der Waals surface area contributed by atoms with E-state index >= 15 is 0 Å². The third-order valence-electron chi connectivity index (χ3n) is 7.36. The highest BCUT2D eigenvalue weighted by Gasteiger charge is 2.33. The van der Waals surface area contributed by atoms with Gasteiger partial charge in [-0.05, 0) is 60.5 Å². The zero-order valence-electron chi connectivity index (χ0n) is 22.4. The van der Waals surface area contributed by atoms with Gasteiger partial charge in [0.2, 0.25) is 5.78 Å². The Morgan fingerprint density at radius 3 is 2.62 bits per heavy atom. The van der Waals surface area contributed by atoms with Crippen molar-refractivity contribution >= 4 is 22.8 Å². The summed E-state index contributed by atoms with van der Waals surface area (Å²) in [5.74, 6) is 3.68. The number of carbonyl (C=O) groups excluding carboxylic acids is 1. The third kappa shape index (κ3) is 4.46. The summed E-state index contributed by atoms with van der Waals surface area (Å²) in [7, 11) is 6.89. The maximum Gasteiger partial charge on any atom is 0.231 e. The fraction of sp³-hybridized carbons (Fsp3) is 0.258. The first-order chi connectivity index (χ1) is 19.0. The molecule has 0 fully saturated rings. The molecule has 3 aromatic carbocycles. The second-order valence-corrected chi connectivity index (χ2v) is 9.70. The maximum atomic E-state index is 13.4. The summed E-state index contributed by atoms with van der Waals surface area (Å²) in [5.41, 5.74) is 4.52. The average molecular weight is 527 g/mol. The Morgan fingerprint density at radius 2 is 1.82 bits per heavy atom.